The lowest BCUT2D eigenvalue weighted by Gasteiger charge is -2.29. The number of nitrogens with zero attached hydrogens (tertiary/aromatic N) is 2. The first-order valence-corrected chi connectivity index (χ1v) is 9.18. The van der Waals surface area contributed by atoms with Crippen molar-refractivity contribution in [3.8, 4) is 5.69 Å². The highest BCUT2D eigenvalue weighted by atomic mass is 35.5. The van der Waals surface area contributed by atoms with Gasteiger partial charge in [0.2, 0.25) is 0 Å². The van der Waals surface area contributed by atoms with Gasteiger partial charge >= 0.3 is 5.97 Å². The number of carbonyl (C=O) groups is 2. The second kappa shape index (κ2) is 7.64. The van der Waals surface area contributed by atoms with Crippen molar-refractivity contribution in [2.45, 2.75) is 26.7 Å². The molecule has 1 saturated heterocycles. The Morgan fingerprint density at radius 3 is 2.35 bits per heavy atom. The summed E-state index contributed by atoms with van der Waals surface area (Å²) in [5.41, 5.74) is 3.61. The van der Waals surface area contributed by atoms with Crippen LogP contribution in [0.3, 0.4) is 0 Å². The third-order valence-corrected chi connectivity index (χ3v) is 5.37. The van der Waals surface area contributed by atoms with Crippen molar-refractivity contribution in [3.05, 3.63) is 52.3 Å². The molecular formula is C20H23ClN2O3. The number of benzene rings is 1. The van der Waals surface area contributed by atoms with E-state index in [9.17, 15) is 9.59 Å². The molecule has 1 aliphatic rings. The number of rotatable bonds is 5. The number of carboxylic acid groups (broad SMARTS) is 1. The molecule has 0 spiro atoms. The molecule has 26 heavy (non-hydrogen) atoms. The van der Waals surface area contributed by atoms with Gasteiger partial charge in [0.25, 0.3) is 0 Å². The maximum atomic E-state index is 12.8. The van der Waals surface area contributed by atoms with E-state index in [0.29, 0.717) is 37.5 Å². The zero-order valence-electron chi connectivity index (χ0n) is 15.0. The van der Waals surface area contributed by atoms with Gasteiger partial charge in [-0.2, -0.15) is 0 Å². The number of aryl methyl sites for hydroxylation is 1. The topological polar surface area (TPSA) is 62.5 Å². The average molecular weight is 375 g/mol. The molecular weight excluding hydrogens is 352 g/mol. The summed E-state index contributed by atoms with van der Waals surface area (Å²) in [6, 6.07) is 9.48. The number of likely N-dealkylation sites (tertiary alicyclic amines) is 1. The van der Waals surface area contributed by atoms with E-state index in [0.717, 1.165) is 22.6 Å². The SMILES string of the molecule is Cc1cc(C(=O)CN2CCC(C(=O)O)CC2)c(C)n1-c1ccc(Cl)cc1. The highest BCUT2D eigenvalue weighted by molar-refractivity contribution is 6.30. The number of carbonyl (C=O) groups excluding carboxylic acids is 1. The van der Waals surface area contributed by atoms with Crippen molar-refractivity contribution in [1.82, 2.24) is 9.47 Å². The Kier molecular flexibility index (Phi) is 5.49. The number of hydrogen-bond donors (Lipinski definition) is 1. The van der Waals surface area contributed by atoms with Gasteiger partial charge in [0.1, 0.15) is 0 Å². The van der Waals surface area contributed by atoms with Gasteiger partial charge in [0.05, 0.1) is 12.5 Å². The molecule has 2 aromatic rings. The number of halogens is 1. The fourth-order valence-electron chi connectivity index (χ4n) is 3.66. The number of aromatic nitrogens is 1. The van der Waals surface area contributed by atoms with Crippen LogP contribution in [-0.4, -0.2) is 46.0 Å². The largest absolute Gasteiger partial charge is 0.481 e. The van der Waals surface area contributed by atoms with Gasteiger partial charge in [-0.05, 0) is 70.1 Å². The lowest BCUT2D eigenvalue weighted by atomic mass is 9.97. The van der Waals surface area contributed by atoms with Crippen LogP contribution in [0.4, 0.5) is 0 Å². The molecule has 3 rings (SSSR count). The van der Waals surface area contributed by atoms with Crippen molar-refractivity contribution in [3.63, 3.8) is 0 Å². The molecule has 0 unspecified atom stereocenters. The fourth-order valence-corrected chi connectivity index (χ4v) is 3.78. The number of Topliss-reactive ketones (excluding diaryl/α,β-unsaturated/α-hetero) is 1. The Morgan fingerprint density at radius 2 is 1.77 bits per heavy atom. The molecule has 1 aromatic heterocycles. The van der Waals surface area contributed by atoms with Crippen LogP contribution in [0.5, 0.6) is 0 Å². The Balaban J connectivity index is 1.74. The van der Waals surface area contributed by atoms with E-state index >= 15 is 0 Å². The maximum Gasteiger partial charge on any atom is 0.306 e. The Morgan fingerprint density at radius 1 is 1.15 bits per heavy atom. The van der Waals surface area contributed by atoms with Gasteiger partial charge in [-0.15, -0.1) is 0 Å². The molecule has 2 heterocycles. The van der Waals surface area contributed by atoms with E-state index in [1.807, 2.05) is 44.2 Å². The number of ketones is 1. The van der Waals surface area contributed by atoms with E-state index < -0.39 is 5.97 Å². The first-order chi connectivity index (χ1) is 12.4. The quantitative estimate of drug-likeness (QED) is 0.810. The van der Waals surface area contributed by atoms with E-state index in [4.69, 9.17) is 16.7 Å². The number of hydrogen-bond acceptors (Lipinski definition) is 3. The summed E-state index contributed by atoms with van der Waals surface area (Å²) in [6.45, 7) is 5.57. The second-order valence-corrected chi connectivity index (χ2v) is 7.34. The molecule has 1 N–H and O–H groups in total. The van der Waals surface area contributed by atoms with Crippen molar-refractivity contribution >= 4 is 23.4 Å². The Hall–Kier alpha value is -2.11. The van der Waals surface area contributed by atoms with E-state index in [1.54, 1.807) is 0 Å². The minimum atomic E-state index is -0.734. The minimum Gasteiger partial charge on any atom is -0.481 e. The van der Waals surface area contributed by atoms with Crippen molar-refractivity contribution < 1.29 is 14.7 Å². The molecule has 1 fully saturated rings. The predicted octanol–water partition coefficient (Wildman–Crippen LogP) is 3.73. The number of aliphatic carboxylic acids is 1. The van der Waals surface area contributed by atoms with Gasteiger partial charge < -0.3 is 9.67 Å². The monoisotopic (exact) mass is 374 g/mol. The summed E-state index contributed by atoms with van der Waals surface area (Å²) >= 11 is 5.97. The fraction of sp³-hybridized carbons (Fsp3) is 0.400. The van der Waals surface area contributed by atoms with E-state index in [-0.39, 0.29) is 11.7 Å². The zero-order valence-corrected chi connectivity index (χ0v) is 15.8. The highest BCUT2D eigenvalue weighted by Crippen LogP contribution is 2.24. The van der Waals surface area contributed by atoms with Gasteiger partial charge in [-0.25, -0.2) is 0 Å². The standard InChI is InChI=1S/C20H23ClN2O3/c1-13-11-18(14(2)23(13)17-5-3-16(21)4-6-17)19(24)12-22-9-7-15(8-10-22)20(25)26/h3-6,11,15H,7-10,12H2,1-2H3,(H,25,26). The molecule has 0 bridgehead atoms. The molecule has 1 aliphatic heterocycles. The summed E-state index contributed by atoms with van der Waals surface area (Å²) in [4.78, 5) is 25.9. The second-order valence-electron chi connectivity index (χ2n) is 6.91. The van der Waals surface area contributed by atoms with Crippen LogP contribution in [0.25, 0.3) is 5.69 Å². The molecule has 5 nitrogen and oxygen atoms in total. The van der Waals surface area contributed by atoms with Gasteiger partial charge in [-0.3, -0.25) is 14.5 Å². The van der Waals surface area contributed by atoms with Crippen LogP contribution in [0.2, 0.25) is 5.02 Å². The minimum absolute atomic E-state index is 0.0760. The molecule has 6 heteroatoms. The van der Waals surface area contributed by atoms with Crippen LogP contribution < -0.4 is 0 Å². The molecule has 0 aliphatic carbocycles. The smallest absolute Gasteiger partial charge is 0.306 e. The molecule has 0 radical (unpaired) electrons. The summed E-state index contributed by atoms with van der Waals surface area (Å²) in [5, 5.41) is 9.76. The van der Waals surface area contributed by atoms with Crippen LogP contribution in [0.15, 0.2) is 30.3 Å². The van der Waals surface area contributed by atoms with Crippen LogP contribution in [0.1, 0.15) is 34.6 Å². The van der Waals surface area contributed by atoms with Crippen LogP contribution in [0, 0.1) is 19.8 Å². The molecule has 138 valence electrons. The van der Waals surface area contributed by atoms with Gasteiger partial charge in [0, 0.05) is 27.7 Å². The predicted molar refractivity (Wildman–Crippen MR) is 101 cm³/mol. The summed E-state index contributed by atoms with van der Waals surface area (Å²) in [5.74, 6) is -0.939. The van der Waals surface area contributed by atoms with E-state index in [2.05, 4.69) is 9.47 Å². The van der Waals surface area contributed by atoms with Crippen molar-refractivity contribution in [1.29, 1.82) is 0 Å². The van der Waals surface area contributed by atoms with Crippen molar-refractivity contribution in [2.75, 3.05) is 19.6 Å². The third kappa shape index (κ3) is 3.84. The first-order valence-electron chi connectivity index (χ1n) is 8.80. The molecule has 0 amide bonds. The number of piperidine rings is 1. The summed E-state index contributed by atoms with van der Waals surface area (Å²) < 4.78 is 2.06. The summed E-state index contributed by atoms with van der Waals surface area (Å²) in [6.07, 6.45) is 1.21. The first kappa shape index (κ1) is 18.7. The normalized spacial score (nSPS) is 16.0. The molecule has 0 atom stereocenters. The van der Waals surface area contributed by atoms with Gasteiger partial charge in [-0.1, -0.05) is 11.6 Å². The lowest BCUT2D eigenvalue weighted by molar-refractivity contribution is -0.143. The highest BCUT2D eigenvalue weighted by Gasteiger charge is 2.26. The van der Waals surface area contributed by atoms with Crippen molar-refractivity contribution in [2.24, 2.45) is 5.92 Å². The lowest BCUT2D eigenvalue weighted by Crippen LogP contribution is -2.39. The van der Waals surface area contributed by atoms with E-state index in [1.165, 1.54) is 0 Å². The molecule has 0 saturated carbocycles. The maximum absolute atomic E-state index is 12.8. The average Bonchev–Trinajstić information content (AvgIpc) is 2.91. The molecule has 1 aromatic carbocycles. The van der Waals surface area contributed by atoms with Crippen LogP contribution >= 0.6 is 11.6 Å². The third-order valence-electron chi connectivity index (χ3n) is 5.12. The Bertz CT molecular complexity index is 818. The van der Waals surface area contributed by atoms with Gasteiger partial charge in [0.15, 0.2) is 5.78 Å². The van der Waals surface area contributed by atoms with Crippen LogP contribution in [-0.2, 0) is 4.79 Å². The Labute approximate surface area is 158 Å². The summed E-state index contributed by atoms with van der Waals surface area (Å²) in [7, 11) is 0. The zero-order chi connectivity index (χ0) is 18.8. The number of carboxylic acids is 1.